The molecular formula is C22H24N2O4S. The van der Waals surface area contributed by atoms with Crippen LogP contribution in [0.1, 0.15) is 28.8 Å². The third-order valence-corrected chi connectivity index (χ3v) is 6.62. The summed E-state index contributed by atoms with van der Waals surface area (Å²) < 4.78 is 27.3. The highest BCUT2D eigenvalue weighted by molar-refractivity contribution is 7.89. The lowest BCUT2D eigenvalue weighted by atomic mass is 10.1. The van der Waals surface area contributed by atoms with Crippen molar-refractivity contribution >= 4 is 21.8 Å². The van der Waals surface area contributed by atoms with Crippen molar-refractivity contribution in [3.8, 4) is 0 Å². The molecule has 6 nitrogen and oxygen atoms in total. The van der Waals surface area contributed by atoms with Gasteiger partial charge in [0.2, 0.25) is 0 Å². The van der Waals surface area contributed by atoms with Crippen molar-refractivity contribution in [2.75, 3.05) is 19.6 Å². The summed E-state index contributed by atoms with van der Waals surface area (Å²) >= 11 is 0. The van der Waals surface area contributed by atoms with Crippen LogP contribution in [0, 0.1) is 6.92 Å². The Morgan fingerprint density at radius 2 is 1.59 bits per heavy atom. The van der Waals surface area contributed by atoms with Crippen molar-refractivity contribution < 1.29 is 18.0 Å². The fourth-order valence-corrected chi connectivity index (χ4v) is 4.58. The number of Topliss-reactive ketones (excluding diaryl/α,β-unsaturated/α-hetero) is 1. The number of urea groups is 1. The third kappa shape index (κ3) is 4.56. The van der Waals surface area contributed by atoms with Crippen LogP contribution in [0.25, 0.3) is 0 Å². The first-order valence-corrected chi connectivity index (χ1v) is 10.9. The number of hydrogen-bond acceptors (Lipinski definition) is 4. The van der Waals surface area contributed by atoms with Gasteiger partial charge in [-0.2, -0.15) is 0 Å². The molecule has 1 heterocycles. The molecule has 0 atom stereocenters. The number of amides is 2. The number of carbonyl (C=O) groups excluding carboxylic acids is 2. The number of benzene rings is 2. The average Bonchev–Trinajstić information content (AvgIpc) is 3.26. The molecule has 152 valence electrons. The van der Waals surface area contributed by atoms with E-state index < -0.39 is 16.1 Å². The number of aryl methyl sites for hydroxylation is 1. The molecule has 1 fully saturated rings. The van der Waals surface area contributed by atoms with Crippen LogP contribution < -0.4 is 0 Å². The van der Waals surface area contributed by atoms with Gasteiger partial charge >= 0.3 is 6.03 Å². The third-order valence-electron chi connectivity index (χ3n) is 4.89. The van der Waals surface area contributed by atoms with Gasteiger partial charge < -0.3 is 4.90 Å². The zero-order chi connectivity index (χ0) is 21.0. The molecule has 0 bridgehead atoms. The van der Waals surface area contributed by atoms with Crippen molar-refractivity contribution in [2.24, 2.45) is 0 Å². The van der Waals surface area contributed by atoms with E-state index in [1.165, 1.54) is 17.0 Å². The molecule has 2 amide bonds. The molecule has 0 aromatic heterocycles. The Kier molecular flexibility index (Phi) is 6.17. The Morgan fingerprint density at radius 3 is 2.17 bits per heavy atom. The summed E-state index contributed by atoms with van der Waals surface area (Å²) in [5, 5.41) is 0. The second-order valence-corrected chi connectivity index (χ2v) is 8.96. The Morgan fingerprint density at radius 1 is 1.00 bits per heavy atom. The minimum atomic E-state index is -4.14. The lowest BCUT2D eigenvalue weighted by molar-refractivity contribution is 0.103. The second kappa shape index (κ2) is 8.61. The first-order valence-electron chi connectivity index (χ1n) is 9.46. The van der Waals surface area contributed by atoms with Crippen molar-refractivity contribution in [1.29, 1.82) is 0 Å². The Hall–Kier alpha value is -2.93. The van der Waals surface area contributed by atoms with E-state index >= 15 is 0 Å². The van der Waals surface area contributed by atoms with Crippen LogP contribution >= 0.6 is 0 Å². The van der Waals surface area contributed by atoms with Crippen molar-refractivity contribution in [1.82, 2.24) is 9.21 Å². The molecule has 0 radical (unpaired) electrons. The molecule has 1 saturated heterocycles. The van der Waals surface area contributed by atoms with Crippen LogP contribution in [0.4, 0.5) is 4.79 Å². The van der Waals surface area contributed by atoms with Crippen molar-refractivity contribution in [3.63, 3.8) is 0 Å². The van der Waals surface area contributed by atoms with Gasteiger partial charge in [-0.15, -0.1) is 0 Å². The highest BCUT2D eigenvalue weighted by atomic mass is 32.2. The molecule has 0 saturated carbocycles. The van der Waals surface area contributed by atoms with E-state index in [2.05, 4.69) is 6.58 Å². The smallest absolute Gasteiger partial charge is 0.324 e. The Bertz CT molecular complexity index is 1010. The normalized spacial score (nSPS) is 13.9. The summed E-state index contributed by atoms with van der Waals surface area (Å²) in [6, 6.07) is 14.2. The molecule has 0 spiro atoms. The van der Waals surface area contributed by atoms with Gasteiger partial charge in [0.25, 0.3) is 10.0 Å². The van der Waals surface area contributed by atoms with Crippen LogP contribution in [-0.2, 0) is 10.0 Å². The van der Waals surface area contributed by atoms with E-state index in [-0.39, 0.29) is 22.8 Å². The van der Waals surface area contributed by atoms with Gasteiger partial charge in [-0.25, -0.2) is 17.5 Å². The lowest BCUT2D eigenvalue weighted by Crippen LogP contribution is -2.46. The zero-order valence-electron chi connectivity index (χ0n) is 16.4. The van der Waals surface area contributed by atoms with Crippen LogP contribution in [0.2, 0.25) is 0 Å². The lowest BCUT2D eigenvalue weighted by Gasteiger charge is -2.28. The topological polar surface area (TPSA) is 74.8 Å². The van der Waals surface area contributed by atoms with E-state index in [9.17, 15) is 18.0 Å². The molecule has 0 unspecified atom stereocenters. The maximum absolute atomic E-state index is 13.3. The first-order chi connectivity index (χ1) is 13.8. The average molecular weight is 413 g/mol. The fourth-order valence-electron chi connectivity index (χ4n) is 3.20. The van der Waals surface area contributed by atoms with Crippen LogP contribution in [0.3, 0.4) is 0 Å². The second-order valence-electron chi connectivity index (χ2n) is 7.10. The minimum Gasteiger partial charge on any atom is -0.324 e. The fraction of sp³-hybridized carbons (Fsp3) is 0.273. The first kappa shape index (κ1) is 20.8. The van der Waals surface area contributed by atoms with E-state index in [1.807, 2.05) is 6.92 Å². The maximum atomic E-state index is 13.3. The quantitative estimate of drug-likeness (QED) is 0.536. The van der Waals surface area contributed by atoms with E-state index in [0.29, 0.717) is 18.7 Å². The molecule has 3 rings (SSSR count). The number of rotatable bonds is 6. The molecule has 2 aromatic rings. The van der Waals surface area contributed by atoms with Gasteiger partial charge in [0.1, 0.15) is 0 Å². The summed E-state index contributed by atoms with van der Waals surface area (Å²) in [6.45, 7) is 6.23. The monoisotopic (exact) mass is 412 g/mol. The Labute approximate surface area is 171 Å². The van der Waals surface area contributed by atoms with Crippen LogP contribution in [0.15, 0.2) is 71.6 Å². The SMILES string of the molecule is C=C(CN(C(=O)N1CCCC1)S(=O)(=O)c1ccc(C)cc1)C(=O)c1ccccc1. The van der Waals surface area contributed by atoms with Gasteiger partial charge in [-0.05, 0) is 31.9 Å². The van der Waals surface area contributed by atoms with Crippen LogP contribution in [0.5, 0.6) is 0 Å². The molecule has 1 aliphatic heterocycles. The van der Waals surface area contributed by atoms with Gasteiger partial charge in [-0.3, -0.25) is 4.79 Å². The van der Waals surface area contributed by atoms with E-state index in [4.69, 9.17) is 0 Å². The molecule has 0 aliphatic carbocycles. The molecular weight excluding hydrogens is 388 g/mol. The van der Waals surface area contributed by atoms with E-state index in [0.717, 1.165) is 22.7 Å². The van der Waals surface area contributed by atoms with Gasteiger partial charge in [-0.1, -0.05) is 54.6 Å². The van der Waals surface area contributed by atoms with Gasteiger partial charge in [0, 0.05) is 24.2 Å². The minimum absolute atomic E-state index is 0.00982. The zero-order valence-corrected chi connectivity index (χ0v) is 17.2. The number of ketones is 1. The molecule has 29 heavy (non-hydrogen) atoms. The summed E-state index contributed by atoms with van der Waals surface area (Å²) in [7, 11) is -4.14. The van der Waals surface area contributed by atoms with Crippen molar-refractivity contribution in [2.45, 2.75) is 24.7 Å². The number of nitrogens with zero attached hydrogens (tertiary/aromatic N) is 2. The summed E-state index contributed by atoms with van der Waals surface area (Å²) in [5.41, 5.74) is 1.35. The largest absolute Gasteiger partial charge is 0.334 e. The number of carbonyl (C=O) groups is 2. The van der Waals surface area contributed by atoms with E-state index in [1.54, 1.807) is 42.5 Å². The summed E-state index contributed by atoms with van der Waals surface area (Å²) in [6.07, 6.45) is 1.65. The standard InChI is InChI=1S/C22H24N2O4S/c1-17-10-12-20(13-11-17)29(27,28)24(22(26)23-14-6-7-15-23)16-18(2)21(25)19-8-4-3-5-9-19/h3-5,8-13H,2,6-7,14-16H2,1H3. The molecule has 0 N–H and O–H groups in total. The van der Waals surface area contributed by atoms with Crippen LogP contribution in [-0.4, -0.2) is 49.1 Å². The molecule has 2 aromatic carbocycles. The summed E-state index contributed by atoms with van der Waals surface area (Å²) in [5.74, 6) is -0.385. The van der Waals surface area contributed by atoms with Crippen molar-refractivity contribution in [3.05, 3.63) is 77.9 Å². The number of hydrogen-bond donors (Lipinski definition) is 0. The molecule has 1 aliphatic rings. The molecule has 7 heteroatoms. The number of sulfonamides is 1. The predicted octanol–water partition coefficient (Wildman–Crippen LogP) is 3.64. The summed E-state index contributed by atoms with van der Waals surface area (Å²) in [4.78, 5) is 27.2. The highest BCUT2D eigenvalue weighted by Gasteiger charge is 2.35. The van der Waals surface area contributed by atoms with Gasteiger partial charge in [0.05, 0.1) is 11.4 Å². The number of likely N-dealkylation sites (tertiary alicyclic amines) is 1. The predicted molar refractivity (Wildman–Crippen MR) is 111 cm³/mol. The Balaban J connectivity index is 1.92. The van der Waals surface area contributed by atoms with Gasteiger partial charge in [0.15, 0.2) is 5.78 Å². The maximum Gasteiger partial charge on any atom is 0.334 e. The highest BCUT2D eigenvalue weighted by Crippen LogP contribution is 2.22.